The van der Waals surface area contributed by atoms with Gasteiger partial charge in [0, 0.05) is 19.3 Å². The van der Waals surface area contributed by atoms with E-state index in [4.69, 9.17) is 5.11 Å². The monoisotopic (exact) mass is 203 g/mol. The molecule has 0 atom stereocenters. The second-order valence-electron chi connectivity index (χ2n) is 2.62. The fourth-order valence-electron chi connectivity index (χ4n) is 0.948. The first-order valence-electron chi connectivity index (χ1n) is 3.43. The van der Waals surface area contributed by atoms with Crippen LogP contribution in [0.4, 0.5) is 0 Å². The van der Waals surface area contributed by atoms with Gasteiger partial charge in [0.05, 0.1) is 5.56 Å². The Kier molecular flexibility index (Phi) is 3.69. The Balaban J connectivity index is 0.00000144. The molecule has 5 heteroatoms. The summed E-state index contributed by atoms with van der Waals surface area (Å²) in [6.07, 6.45) is 1.32. The zero-order chi connectivity index (χ0) is 9.30. The minimum atomic E-state index is -1.01. The standard InChI is InChI=1S/C8H9NO3.ClH/c1-5-3-7(10)9(2)4-6(5)8(11)12;/h3-4H,1-2H3,(H,11,12);1H. The van der Waals surface area contributed by atoms with Crippen LogP contribution in [0, 0.1) is 6.92 Å². The summed E-state index contributed by atoms with van der Waals surface area (Å²) in [5.74, 6) is -1.01. The zero-order valence-electron chi connectivity index (χ0n) is 7.27. The summed E-state index contributed by atoms with van der Waals surface area (Å²) in [4.78, 5) is 21.6. The minimum absolute atomic E-state index is 0. The number of pyridine rings is 1. The molecule has 0 fully saturated rings. The largest absolute Gasteiger partial charge is 0.478 e. The van der Waals surface area contributed by atoms with E-state index >= 15 is 0 Å². The number of halogens is 1. The van der Waals surface area contributed by atoms with Crippen LogP contribution in [0.3, 0.4) is 0 Å². The number of nitrogens with zero attached hydrogens (tertiary/aromatic N) is 1. The smallest absolute Gasteiger partial charge is 0.337 e. The van der Waals surface area contributed by atoms with Gasteiger partial charge >= 0.3 is 5.97 Å². The molecule has 0 aliphatic heterocycles. The minimum Gasteiger partial charge on any atom is -0.478 e. The highest BCUT2D eigenvalue weighted by Gasteiger charge is 2.07. The van der Waals surface area contributed by atoms with Crippen molar-refractivity contribution in [2.24, 2.45) is 7.05 Å². The van der Waals surface area contributed by atoms with Crippen molar-refractivity contribution in [3.63, 3.8) is 0 Å². The van der Waals surface area contributed by atoms with Gasteiger partial charge in [0.1, 0.15) is 0 Å². The molecular weight excluding hydrogens is 194 g/mol. The van der Waals surface area contributed by atoms with E-state index in [9.17, 15) is 9.59 Å². The fourth-order valence-corrected chi connectivity index (χ4v) is 0.948. The van der Waals surface area contributed by atoms with E-state index in [2.05, 4.69) is 0 Å². The van der Waals surface area contributed by atoms with Gasteiger partial charge < -0.3 is 9.67 Å². The average Bonchev–Trinajstić information content (AvgIpc) is 1.96. The van der Waals surface area contributed by atoms with Gasteiger partial charge in [-0.3, -0.25) is 4.79 Å². The average molecular weight is 204 g/mol. The maximum atomic E-state index is 11.0. The Morgan fingerprint density at radius 2 is 2.08 bits per heavy atom. The van der Waals surface area contributed by atoms with Gasteiger partial charge in [-0.05, 0) is 12.5 Å². The normalized spacial score (nSPS) is 9.08. The highest BCUT2D eigenvalue weighted by molar-refractivity contribution is 5.88. The summed E-state index contributed by atoms with van der Waals surface area (Å²) in [6, 6.07) is 1.31. The summed E-state index contributed by atoms with van der Waals surface area (Å²) in [7, 11) is 1.52. The van der Waals surface area contributed by atoms with Crippen LogP contribution in [0.2, 0.25) is 0 Å². The lowest BCUT2D eigenvalue weighted by Gasteiger charge is -2.01. The molecule has 0 aromatic carbocycles. The molecule has 1 aromatic heterocycles. The topological polar surface area (TPSA) is 59.3 Å². The van der Waals surface area contributed by atoms with Gasteiger partial charge in [-0.25, -0.2) is 4.79 Å². The molecular formula is C8H10ClNO3. The Morgan fingerprint density at radius 3 is 2.54 bits per heavy atom. The molecule has 1 aromatic rings. The van der Waals surface area contributed by atoms with Crippen LogP contribution in [0.25, 0.3) is 0 Å². The highest BCUT2D eigenvalue weighted by Crippen LogP contribution is 2.02. The van der Waals surface area contributed by atoms with Crippen molar-refractivity contribution >= 4 is 18.4 Å². The molecule has 0 aliphatic rings. The van der Waals surface area contributed by atoms with Crippen LogP contribution in [-0.4, -0.2) is 15.6 Å². The van der Waals surface area contributed by atoms with Crippen LogP contribution in [0.1, 0.15) is 15.9 Å². The molecule has 1 rings (SSSR count). The predicted molar refractivity (Wildman–Crippen MR) is 50.6 cm³/mol. The Hall–Kier alpha value is -1.29. The third kappa shape index (κ3) is 2.32. The van der Waals surface area contributed by atoms with Crippen LogP contribution in [0.5, 0.6) is 0 Å². The first kappa shape index (κ1) is 11.7. The number of hydrogen-bond acceptors (Lipinski definition) is 2. The molecule has 72 valence electrons. The summed E-state index contributed by atoms with van der Waals surface area (Å²) in [5.41, 5.74) is 0.459. The highest BCUT2D eigenvalue weighted by atomic mass is 35.5. The van der Waals surface area contributed by atoms with Crippen LogP contribution in [-0.2, 0) is 7.05 Å². The Bertz CT molecular complexity index is 383. The molecule has 0 aliphatic carbocycles. The van der Waals surface area contributed by atoms with Gasteiger partial charge in [0.25, 0.3) is 5.56 Å². The maximum absolute atomic E-state index is 11.0. The lowest BCUT2D eigenvalue weighted by molar-refractivity contribution is 0.0695. The van der Waals surface area contributed by atoms with Crippen molar-refractivity contribution in [2.75, 3.05) is 0 Å². The number of aryl methyl sites for hydroxylation is 2. The number of hydrogen-bond donors (Lipinski definition) is 1. The molecule has 0 saturated carbocycles. The Morgan fingerprint density at radius 1 is 1.54 bits per heavy atom. The van der Waals surface area contributed by atoms with Gasteiger partial charge in [-0.2, -0.15) is 0 Å². The van der Waals surface area contributed by atoms with Gasteiger partial charge in [0.15, 0.2) is 0 Å². The van der Waals surface area contributed by atoms with Gasteiger partial charge in [-0.1, -0.05) is 0 Å². The SMILES string of the molecule is Cc1cc(=O)n(C)cc1C(=O)O.Cl. The van der Waals surface area contributed by atoms with Gasteiger partial charge in [-0.15, -0.1) is 12.4 Å². The van der Waals surface area contributed by atoms with Gasteiger partial charge in [0.2, 0.25) is 0 Å². The molecule has 1 N–H and O–H groups in total. The third-order valence-corrected chi connectivity index (χ3v) is 1.67. The van der Waals surface area contributed by atoms with Crippen molar-refractivity contribution in [3.8, 4) is 0 Å². The summed E-state index contributed by atoms with van der Waals surface area (Å²) >= 11 is 0. The van der Waals surface area contributed by atoms with Crippen LogP contribution >= 0.6 is 12.4 Å². The molecule has 0 spiro atoms. The van der Waals surface area contributed by atoms with E-state index in [1.165, 1.54) is 23.9 Å². The number of carbonyl (C=O) groups is 1. The molecule has 0 amide bonds. The van der Waals surface area contributed by atoms with Crippen LogP contribution < -0.4 is 5.56 Å². The van der Waals surface area contributed by atoms with Crippen molar-refractivity contribution in [1.29, 1.82) is 0 Å². The molecule has 0 radical (unpaired) electrons. The van der Waals surface area contributed by atoms with E-state index in [-0.39, 0.29) is 23.5 Å². The van der Waals surface area contributed by atoms with E-state index < -0.39 is 5.97 Å². The number of carboxylic acid groups (broad SMARTS) is 1. The van der Waals surface area contributed by atoms with E-state index in [0.29, 0.717) is 5.56 Å². The second-order valence-corrected chi connectivity index (χ2v) is 2.62. The number of aromatic carboxylic acids is 1. The predicted octanol–water partition coefficient (Wildman–Crippen LogP) is 0.814. The molecule has 13 heavy (non-hydrogen) atoms. The summed E-state index contributed by atoms with van der Waals surface area (Å²) in [5, 5.41) is 8.67. The lowest BCUT2D eigenvalue weighted by Crippen LogP contribution is -2.18. The van der Waals surface area contributed by atoms with Crippen molar-refractivity contribution in [2.45, 2.75) is 6.92 Å². The molecule has 0 unspecified atom stereocenters. The van der Waals surface area contributed by atoms with Crippen molar-refractivity contribution in [3.05, 3.63) is 33.7 Å². The van der Waals surface area contributed by atoms with E-state index in [1.54, 1.807) is 6.92 Å². The molecule has 4 nitrogen and oxygen atoms in total. The number of carboxylic acids is 1. The van der Waals surface area contributed by atoms with E-state index in [1.807, 2.05) is 0 Å². The van der Waals surface area contributed by atoms with E-state index in [0.717, 1.165) is 0 Å². The zero-order valence-corrected chi connectivity index (χ0v) is 8.09. The fraction of sp³-hybridized carbons (Fsp3) is 0.250. The summed E-state index contributed by atoms with van der Waals surface area (Å²) < 4.78 is 1.25. The number of aromatic nitrogens is 1. The molecule has 0 bridgehead atoms. The first-order chi connectivity index (χ1) is 5.52. The van der Waals surface area contributed by atoms with Crippen molar-refractivity contribution < 1.29 is 9.90 Å². The summed E-state index contributed by atoms with van der Waals surface area (Å²) in [6.45, 7) is 1.60. The Labute approximate surface area is 81.2 Å². The second kappa shape index (κ2) is 4.09. The first-order valence-corrected chi connectivity index (χ1v) is 3.43. The quantitative estimate of drug-likeness (QED) is 0.735. The molecule has 1 heterocycles. The van der Waals surface area contributed by atoms with Crippen LogP contribution in [0.15, 0.2) is 17.1 Å². The maximum Gasteiger partial charge on any atom is 0.337 e. The third-order valence-electron chi connectivity index (χ3n) is 1.67. The lowest BCUT2D eigenvalue weighted by atomic mass is 10.1. The van der Waals surface area contributed by atoms with Crippen molar-refractivity contribution in [1.82, 2.24) is 4.57 Å². The number of rotatable bonds is 1. The molecule has 0 saturated heterocycles.